The minimum atomic E-state index is -0.973. The SMILES string of the molecule is CCn1c(-c2nc3cc(C(=O)N4CCC[C@@H](N(C(=O)O)C(C)(C)C)C4)ccc3n2CCCNC(=O)OCC2c3ccccc3-c3ccccc32)cc2ccccc21. The fourth-order valence-electron chi connectivity index (χ4n) is 9.02. The first-order valence-corrected chi connectivity index (χ1v) is 20.0. The van der Waals surface area contributed by atoms with E-state index < -0.39 is 17.7 Å². The van der Waals surface area contributed by atoms with Gasteiger partial charge in [0.1, 0.15) is 6.61 Å². The van der Waals surface area contributed by atoms with Crippen molar-refractivity contribution in [1.29, 1.82) is 0 Å². The number of fused-ring (bicyclic) bond motifs is 5. The Hall–Kier alpha value is -6.10. The molecule has 11 nitrogen and oxygen atoms in total. The molecule has 1 saturated heterocycles. The molecule has 2 N–H and O–H groups in total. The number of carboxylic acid groups (broad SMARTS) is 1. The summed E-state index contributed by atoms with van der Waals surface area (Å²) in [6, 6.07) is 32.4. The van der Waals surface area contributed by atoms with Gasteiger partial charge in [-0.3, -0.25) is 9.69 Å². The van der Waals surface area contributed by atoms with E-state index in [1.165, 1.54) is 27.2 Å². The Labute approximate surface area is 332 Å². The molecule has 1 aliphatic carbocycles. The highest BCUT2D eigenvalue weighted by Crippen LogP contribution is 2.44. The fraction of sp³-hybridized carbons (Fsp3) is 0.348. The number of benzene rings is 4. The maximum Gasteiger partial charge on any atom is 0.408 e. The molecule has 2 aliphatic rings. The maximum absolute atomic E-state index is 14.0. The number of ether oxygens (including phenoxy) is 1. The minimum absolute atomic E-state index is 0.00983. The van der Waals surface area contributed by atoms with Crippen LogP contribution < -0.4 is 5.32 Å². The van der Waals surface area contributed by atoms with E-state index in [0.29, 0.717) is 50.1 Å². The molecule has 3 heterocycles. The minimum Gasteiger partial charge on any atom is -0.465 e. The van der Waals surface area contributed by atoms with Crippen molar-refractivity contribution < 1.29 is 24.2 Å². The molecular weight excluding hydrogens is 717 g/mol. The Balaban J connectivity index is 1.01. The van der Waals surface area contributed by atoms with Gasteiger partial charge in [0.2, 0.25) is 0 Å². The molecule has 294 valence electrons. The number of para-hydroxylation sites is 1. The molecule has 1 atom stereocenters. The first-order valence-electron chi connectivity index (χ1n) is 20.0. The second-order valence-electron chi connectivity index (χ2n) is 16.1. The van der Waals surface area contributed by atoms with Gasteiger partial charge in [-0.25, -0.2) is 14.6 Å². The first kappa shape index (κ1) is 37.8. The fourth-order valence-corrected chi connectivity index (χ4v) is 9.02. The van der Waals surface area contributed by atoms with Gasteiger partial charge in [0.15, 0.2) is 5.82 Å². The van der Waals surface area contributed by atoms with Crippen molar-refractivity contribution in [3.63, 3.8) is 0 Å². The van der Waals surface area contributed by atoms with Crippen LogP contribution in [0.25, 0.3) is 44.6 Å². The number of aromatic nitrogens is 3. The molecule has 0 bridgehead atoms. The van der Waals surface area contributed by atoms with Gasteiger partial charge >= 0.3 is 12.2 Å². The van der Waals surface area contributed by atoms with Crippen LogP contribution >= 0.6 is 0 Å². The average Bonchev–Trinajstić information content (AvgIpc) is 3.86. The summed E-state index contributed by atoms with van der Waals surface area (Å²) in [4.78, 5) is 47.7. The van der Waals surface area contributed by atoms with Gasteiger partial charge in [-0.2, -0.15) is 0 Å². The number of piperidine rings is 1. The van der Waals surface area contributed by atoms with Crippen LogP contribution in [-0.4, -0.2) is 84.9 Å². The molecule has 0 unspecified atom stereocenters. The third-order valence-corrected chi connectivity index (χ3v) is 11.5. The highest BCUT2D eigenvalue weighted by atomic mass is 16.5. The maximum atomic E-state index is 14.0. The van der Waals surface area contributed by atoms with Gasteiger partial charge < -0.3 is 29.2 Å². The van der Waals surface area contributed by atoms with Crippen LogP contribution in [0.4, 0.5) is 9.59 Å². The van der Waals surface area contributed by atoms with Crippen LogP contribution in [0, 0.1) is 0 Å². The lowest BCUT2D eigenvalue weighted by atomic mass is 9.97. The van der Waals surface area contributed by atoms with E-state index in [2.05, 4.69) is 63.8 Å². The Morgan fingerprint density at radius 3 is 2.30 bits per heavy atom. The molecule has 1 aliphatic heterocycles. The number of hydrogen-bond acceptors (Lipinski definition) is 5. The van der Waals surface area contributed by atoms with Crippen molar-refractivity contribution in [2.45, 2.75) is 77.5 Å². The van der Waals surface area contributed by atoms with Crippen LogP contribution in [-0.2, 0) is 17.8 Å². The highest BCUT2D eigenvalue weighted by molar-refractivity contribution is 5.98. The van der Waals surface area contributed by atoms with Gasteiger partial charge in [-0.05, 0) is 99.5 Å². The summed E-state index contributed by atoms with van der Waals surface area (Å²) in [5.41, 5.74) is 8.33. The van der Waals surface area contributed by atoms with Gasteiger partial charge in [-0.1, -0.05) is 66.7 Å². The van der Waals surface area contributed by atoms with Crippen LogP contribution in [0.2, 0.25) is 0 Å². The number of alkyl carbamates (subject to hydrolysis) is 1. The van der Waals surface area contributed by atoms with Crippen LogP contribution in [0.15, 0.2) is 97.1 Å². The molecule has 1 fully saturated rings. The molecule has 57 heavy (non-hydrogen) atoms. The lowest BCUT2D eigenvalue weighted by Crippen LogP contribution is -2.57. The van der Waals surface area contributed by atoms with E-state index in [0.717, 1.165) is 40.9 Å². The number of hydrogen-bond donors (Lipinski definition) is 2. The topological polar surface area (TPSA) is 122 Å². The number of carbonyl (C=O) groups is 3. The first-order chi connectivity index (χ1) is 27.5. The van der Waals surface area contributed by atoms with Crippen molar-refractivity contribution in [2.24, 2.45) is 0 Å². The number of nitrogens with one attached hydrogen (secondary N) is 1. The van der Waals surface area contributed by atoms with Crippen molar-refractivity contribution >= 4 is 40.0 Å². The Morgan fingerprint density at radius 1 is 0.895 bits per heavy atom. The summed E-state index contributed by atoms with van der Waals surface area (Å²) in [6.07, 6.45) is 0.638. The molecule has 8 rings (SSSR count). The second-order valence-corrected chi connectivity index (χ2v) is 16.1. The zero-order chi connectivity index (χ0) is 39.8. The molecule has 0 spiro atoms. The Bertz CT molecular complexity index is 2430. The Morgan fingerprint density at radius 2 is 1.60 bits per heavy atom. The van der Waals surface area contributed by atoms with E-state index in [1.807, 2.05) is 75.4 Å². The predicted molar refractivity (Wildman–Crippen MR) is 223 cm³/mol. The quantitative estimate of drug-likeness (QED) is 0.134. The summed E-state index contributed by atoms with van der Waals surface area (Å²) < 4.78 is 10.2. The van der Waals surface area contributed by atoms with Crippen LogP contribution in [0.1, 0.15) is 74.4 Å². The Kier molecular flexibility index (Phi) is 10.2. The third-order valence-electron chi connectivity index (χ3n) is 11.5. The summed E-state index contributed by atoms with van der Waals surface area (Å²) in [5.74, 6) is 0.644. The van der Waals surface area contributed by atoms with E-state index >= 15 is 0 Å². The zero-order valence-corrected chi connectivity index (χ0v) is 33.1. The van der Waals surface area contributed by atoms with E-state index in [9.17, 15) is 19.5 Å². The number of likely N-dealkylation sites (tertiary alicyclic amines) is 1. The predicted octanol–water partition coefficient (Wildman–Crippen LogP) is 8.99. The lowest BCUT2D eigenvalue weighted by Gasteiger charge is -2.44. The molecule has 0 radical (unpaired) electrons. The van der Waals surface area contributed by atoms with Crippen molar-refractivity contribution in [3.8, 4) is 22.6 Å². The van der Waals surface area contributed by atoms with Gasteiger partial charge in [0, 0.05) is 60.6 Å². The normalized spacial score (nSPS) is 15.4. The smallest absolute Gasteiger partial charge is 0.408 e. The molecule has 6 aromatic rings. The number of rotatable bonds is 10. The van der Waals surface area contributed by atoms with E-state index in [4.69, 9.17) is 9.72 Å². The molecular formula is C46H50N6O5. The summed E-state index contributed by atoms with van der Waals surface area (Å²) in [5, 5.41) is 14.1. The molecule has 11 heteroatoms. The average molecular weight is 767 g/mol. The van der Waals surface area contributed by atoms with E-state index in [1.54, 1.807) is 4.90 Å². The summed E-state index contributed by atoms with van der Waals surface area (Å²) in [7, 11) is 0. The monoisotopic (exact) mass is 766 g/mol. The van der Waals surface area contributed by atoms with Crippen molar-refractivity contribution in [3.05, 3.63) is 114 Å². The largest absolute Gasteiger partial charge is 0.465 e. The highest BCUT2D eigenvalue weighted by Gasteiger charge is 2.37. The number of imidazole rings is 1. The molecule has 3 amide bonds. The molecule has 2 aromatic heterocycles. The third kappa shape index (κ3) is 7.22. The van der Waals surface area contributed by atoms with Crippen LogP contribution in [0.3, 0.4) is 0 Å². The van der Waals surface area contributed by atoms with Crippen molar-refractivity contribution in [1.82, 2.24) is 29.2 Å². The van der Waals surface area contributed by atoms with Gasteiger partial charge in [0.05, 0.1) is 22.8 Å². The van der Waals surface area contributed by atoms with Gasteiger partial charge in [-0.15, -0.1) is 0 Å². The second kappa shape index (κ2) is 15.4. The van der Waals surface area contributed by atoms with Crippen LogP contribution in [0.5, 0.6) is 0 Å². The summed E-state index contributed by atoms with van der Waals surface area (Å²) in [6.45, 7) is 10.7. The molecule has 4 aromatic carbocycles. The number of nitrogens with zero attached hydrogens (tertiary/aromatic N) is 5. The zero-order valence-electron chi connectivity index (χ0n) is 33.1. The summed E-state index contributed by atoms with van der Waals surface area (Å²) >= 11 is 0. The standard InChI is InChI=1S/C46H50N6O5/c1-5-50-39-20-11-6-14-30(39)27-41(50)42-48-38-26-31(43(53)49-24-12-15-32(28-49)52(45(55)56)46(2,3)4)21-22-40(38)51(42)25-13-23-47-44(54)57-29-37-35-18-9-7-16-33(35)34-17-8-10-19-36(34)37/h6-11,14,16-22,26-27,32,37H,5,12-13,15,23-25,28-29H2,1-4H3,(H,47,54)(H,55,56)/t32-/m1/s1. The molecule has 0 saturated carbocycles. The number of amides is 3. The number of aryl methyl sites for hydroxylation is 2. The van der Waals surface area contributed by atoms with Crippen molar-refractivity contribution in [2.75, 3.05) is 26.2 Å². The lowest BCUT2D eigenvalue weighted by molar-refractivity contribution is 0.0315. The van der Waals surface area contributed by atoms with Gasteiger partial charge in [0.25, 0.3) is 5.91 Å². The van der Waals surface area contributed by atoms with E-state index in [-0.39, 0.29) is 24.5 Å². The number of carbonyl (C=O) groups excluding carboxylic acids is 2.